The van der Waals surface area contributed by atoms with E-state index in [1.165, 1.54) is 37.0 Å². The lowest BCUT2D eigenvalue weighted by atomic mass is 9.95. The lowest BCUT2D eigenvalue weighted by Gasteiger charge is -2.25. The summed E-state index contributed by atoms with van der Waals surface area (Å²) in [6, 6.07) is 11.6. The predicted octanol–water partition coefficient (Wildman–Crippen LogP) is 3.91. The van der Waals surface area contributed by atoms with Gasteiger partial charge in [0.25, 0.3) is 5.56 Å². The minimum absolute atomic E-state index is 0.226. The maximum absolute atomic E-state index is 13.8. The minimum atomic E-state index is -0.829. The van der Waals surface area contributed by atoms with Crippen molar-refractivity contribution in [1.82, 2.24) is 4.57 Å². The predicted molar refractivity (Wildman–Crippen MR) is 152 cm³/mol. The number of allylic oxidation sites excluding steroid dienone is 1. The average molecular weight is 565 g/mol. The Morgan fingerprint density at radius 1 is 1.07 bits per heavy atom. The van der Waals surface area contributed by atoms with Gasteiger partial charge >= 0.3 is 11.9 Å². The van der Waals surface area contributed by atoms with Crippen LogP contribution in [0.4, 0.5) is 0 Å². The molecule has 1 aliphatic rings. The minimum Gasteiger partial charge on any atom is -0.494 e. The maximum atomic E-state index is 13.8. The summed E-state index contributed by atoms with van der Waals surface area (Å²) >= 11 is 1.24. The van der Waals surface area contributed by atoms with E-state index in [9.17, 15) is 14.4 Å². The highest BCUT2D eigenvalue weighted by molar-refractivity contribution is 7.07. The van der Waals surface area contributed by atoms with Crippen molar-refractivity contribution < 1.29 is 28.5 Å². The Labute approximate surface area is 236 Å². The van der Waals surface area contributed by atoms with Crippen LogP contribution in [0.5, 0.6) is 17.2 Å². The Morgan fingerprint density at radius 2 is 1.82 bits per heavy atom. The summed E-state index contributed by atoms with van der Waals surface area (Å²) in [4.78, 5) is 43.3. The first-order valence-electron chi connectivity index (χ1n) is 13.0. The SMILES string of the molecule is CCCCCOc1ccc(C=c2sc3n(c2=O)C(c2ccc(OC(C)=O)c(OC)c2)C(C(=O)OC)=C(C)N=3)cc1. The van der Waals surface area contributed by atoms with Gasteiger partial charge in [0, 0.05) is 6.92 Å². The molecule has 0 spiro atoms. The Kier molecular flexibility index (Phi) is 9.21. The van der Waals surface area contributed by atoms with E-state index >= 15 is 0 Å². The molecule has 210 valence electrons. The van der Waals surface area contributed by atoms with Gasteiger partial charge in [-0.1, -0.05) is 49.3 Å². The summed E-state index contributed by atoms with van der Waals surface area (Å²) in [6.07, 6.45) is 5.06. The molecule has 4 rings (SSSR count). The zero-order chi connectivity index (χ0) is 28.8. The molecule has 0 amide bonds. The second-order valence-electron chi connectivity index (χ2n) is 9.20. The van der Waals surface area contributed by atoms with Gasteiger partial charge in [-0.25, -0.2) is 9.79 Å². The number of esters is 2. The number of methoxy groups -OCH3 is 2. The average Bonchev–Trinajstić information content (AvgIpc) is 3.24. The van der Waals surface area contributed by atoms with Gasteiger partial charge in [0.2, 0.25) is 0 Å². The first kappa shape index (κ1) is 28.8. The Hall–Kier alpha value is -4.18. The molecule has 2 heterocycles. The van der Waals surface area contributed by atoms with Crippen LogP contribution < -0.4 is 29.1 Å². The quantitative estimate of drug-likeness (QED) is 0.209. The number of hydrogen-bond acceptors (Lipinski definition) is 9. The Balaban J connectivity index is 1.78. The van der Waals surface area contributed by atoms with Gasteiger partial charge in [-0.3, -0.25) is 14.2 Å². The van der Waals surface area contributed by atoms with Crippen molar-refractivity contribution in [3.05, 3.63) is 84.5 Å². The van der Waals surface area contributed by atoms with E-state index in [1.807, 2.05) is 24.3 Å². The molecule has 1 atom stereocenters. The first-order valence-corrected chi connectivity index (χ1v) is 13.8. The molecule has 0 N–H and O–H groups in total. The molecule has 9 nitrogen and oxygen atoms in total. The third-order valence-corrected chi connectivity index (χ3v) is 7.36. The summed E-state index contributed by atoms with van der Waals surface area (Å²) in [7, 11) is 2.73. The molecule has 1 aromatic heterocycles. The molecule has 1 unspecified atom stereocenters. The summed E-state index contributed by atoms with van der Waals surface area (Å²) in [5.41, 5.74) is 1.77. The largest absolute Gasteiger partial charge is 0.494 e. The van der Waals surface area contributed by atoms with E-state index in [4.69, 9.17) is 18.9 Å². The normalized spacial score (nSPS) is 14.8. The van der Waals surface area contributed by atoms with Crippen molar-refractivity contribution in [3.8, 4) is 17.2 Å². The number of nitrogens with zero attached hydrogens (tertiary/aromatic N) is 2. The maximum Gasteiger partial charge on any atom is 0.338 e. The van der Waals surface area contributed by atoms with Crippen molar-refractivity contribution in [2.24, 2.45) is 4.99 Å². The number of carbonyl (C=O) groups is 2. The van der Waals surface area contributed by atoms with Crippen molar-refractivity contribution in [2.45, 2.75) is 46.1 Å². The summed E-state index contributed by atoms with van der Waals surface area (Å²) in [5, 5.41) is 0. The van der Waals surface area contributed by atoms with Crippen LogP contribution in [-0.4, -0.2) is 37.3 Å². The van der Waals surface area contributed by atoms with Gasteiger partial charge in [0.05, 0.1) is 42.7 Å². The van der Waals surface area contributed by atoms with Crippen molar-refractivity contribution in [3.63, 3.8) is 0 Å². The second kappa shape index (κ2) is 12.8. The number of aromatic nitrogens is 1. The molecule has 3 aromatic rings. The zero-order valence-electron chi connectivity index (χ0n) is 23.2. The van der Waals surface area contributed by atoms with E-state index in [2.05, 4.69) is 11.9 Å². The molecule has 1 aliphatic heterocycles. The zero-order valence-corrected chi connectivity index (χ0v) is 24.0. The van der Waals surface area contributed by atoms with E-state index < -0.39 is 18.0 Å². The topological polar surface area (TPSA) is 105 Å². The molecule has 0 saturated carbocycles. The van der Waals surface area contributed by atoms with Crippen LogP contribution in [0.1, 0.15) is 57.2 Å². The molecule has 0 fully saturated rings. The summed E-state index contributed by atoms with van der Waals surface area (Å²) in [6.45, 7) is 5.82. The highest BCUT2D eigenvalue weighted by Crippen LogP contribution is 2.36. The third kappa shape index (κ3) is 6.17. The standard InChI is InChI=1S/C30H32N2O7S/c1-6-7-8-15-38-22-12-9-20(10-13-22)16-25-28(34)32-27(26(29(35)37-5)18(2)31-30(32)40-25)21-11-14-23(39-19(3)33)24(17-21)36-4/h9-14,16-17,27H,6-8,15H2,1-5H3. The van der Waals surface area contributed by atoms with E-state index in [-0.39, 0.29) is 22.6 Å². The van der Waals surface area contributed by atoms with Gasteiger partial charge in [-0.05, 0) is 54.8 Å². The first-order chi connectivity index (χ1) is 19.3. The van der Waals surface area contributed by atoms with E-state index in [0.717, 1.165) is 30.6 Å². The fourth-order valence-corrected chi connectivity index (χ4v) is 5.50. The molecule has 0 radical (unpaired) electrons. The van der Waals surface area contributed by atoms with E-state index in [0.29, 0.717) is 27.2 Å². The number of fused-ring (bicyclic) bond motifs is 1. The van der Waals surface area contributed by atoms with Crippen molar-refractivity contribution in [2.75, 3.05) is 20.8 Å². The number of rotatable bonds is 10. The van der Waals surface area contributed by atoms with Crippen LogP contribution in [0, 0.1) is 0 Å². The number of hydrogen-bond donors (Lipinski definition) is 0. The Bertz CT molecular complexity index is 1620. The van der Waals surface area contributed by atoms with Gasteiger partial charge in [-0.2, -0.15) is 0 Å². The number of carbonyl (C=O) groups excluding carboxylic acids is 2. The molecule has 0 aliphatic carbocycles. The lowest BCUT2D eigenvalue weighted by Crippen LogP contribution is -2.39. The summed E-state index contributed by atoms with van der Waals surface area (Å²) < 4.78 is 23.5. The number of unbranched alkanes of at least 4 members (excludes halogenated alkanes) is 2. The number of benzene rings is 2. The highest BCUT2D eigenvalue weighted by atomic mass is 32.1. The number of ether oxygens (including phenoxy) is 4. The molecular formula is C30H32N2O7S. The summed E-state index contributed by atoms with van der Waals surface area (Å²) in [5.74, 6) is 0.188. The van der Waals surface area contributed by atoms with Gasteiger partial charge in [-0.15, -0.1) is 0 Å². The van der Waals surface area contributed by atoms with Crippen LogP contribution >= 0.6 is 11.3 Å². The van der Waals surface area contributed by atoms with Crippen LogP contribution in [0.15, 0.2) is 63.5 Å². The smallest absolute Gasteiger partial charge is 0.338 e. The van der Waals surface area contributed by atoms with Crippen molar-refractivity contribution >= 4 is 29.4 Å². The monoisotopic (exact) mass is 564 g/mol. The third-order valence-electron chi connectivity index (χ3n) is 6.38. The van der Waals surface area contributed by atoms with Crippen LogP contribution in [-0.2, 0) is 14.3 Å². The molecule has 40 heavy (non-hydrogen) atoms. The van der Waals surface area contributed by atoms with Gasteiger partial charge in [0.1, 0.15) is 5.75 Å². The molecule has 2 aromatic carbocycles. The van der Waals surface area contributed by atoms with Gasteiger partial charge in [0.15, 0.2) is 16.3 Å². The lowest BCUT2D eigenvalue weighted by molar-refractivity contribution is -0.136. The Morgan fingerprint density at radius 3 is 2.48 bits per heavy atom. The molecular weight excluding hydrogens is 532 g/mol. The van der Waals surface area contributed by atoms with Crippen LogP contribution in [0.25, 0.3) is 6.08 Å². The van der Waals surface area contributed by atoms with E-state index in [1.54, 1.807) is 31.2 Å². The highest BCUT2D eigenvalue weighted by Gasteiger charge is 2.33. The van der Waals surface area contributed by atoms with Crippen molar-refractivity contribution in [1.29, 1.82) is 0 Å². The number of thiazole rings is 1. The fourth-order valence-electron chi connectivity index (χ4n) is 4.46. The van der Waals surface area contributed by atoms with Crippen LogP contribution in [0.3, 0.4) is 0 Å². The molecule has 10 heteroatoms. The molecule has 0 saturated heterocycles. The second-order valence-corrected chi connectivity index (χ2v) is 10.2. The van der Waals surface area contributed by atoms with Gasteiger partial charge < -0.3 is 18.9 Å². The molecule has 0 bridgehead atoms. The van der Waals surface area contributed by atoms with Crippen LogP contribution in [0.2, 0.25) is 0 Å². The fraction of sp³-hybridized carbons (Fsp3) is 0.333.